The highest BCUT2D eigenvalue weighted by atomic mass is 19.3. The standard InChI is InChI=1S/C10H16F2N2O2/c1-10(2,3)8-9(16)14(4-6(11)12)5-7(15)13-8/h6,8H,4-5H2,1-3H3,(H,13,15). The first-order valence-electron chi connectivity index (χ1n) is 5.08. The molecule has 16 heavy (non-hydrogen) atoms. The summed E-state index contributed by atoms with van der Waals surface area (Å²) < 4.78 is 24.4. The highest BCUT2D eigenvalue weighted by Gasteiger charge is 2.40. The Morgan fingerprint density at radius 1 is 1.44 bits per heavy atom. The fourth-order valence-electron chi connectivity index (χ4n) is 1.61. The SMILES string of the molecule is CC(C)(C)C1NC(=O)CN(CC(F)F)C1=O. The second-order valence-electron chi connectivity index (χ2n) is 4.98. The quantitative estimate of drug-likeness (QED) is 0.761. The number of piperazine rings is 1. The predicted octanol–water partition coefficient (Wildman–Crippen LogP) is 0.625. The molecule has 1 fully saturated rings. The molecule has 0 bridgehead atoms. The summed E-state index contributed by atoms with van der Waals surface area (Å²) in [5.74, 6) is -0.826. The van der Waals surface area contributed by atoms with Crippen molar-refractivity contribution < 1.29 is 18.4 Å². The molecule has 1 heterocycles. The number of nitrogens with one attached hydrogen (secondary N) is 1. The molecule has 92 valence electrons. The molecular weight excluding hydrogens is 218 g/mol. The summed E-state index contributed by atoms with van der Waals surface area (Å²) >= 11 is 0. The van der Waals surface area contributed by atoms with Gasteiger partial charge in [0.1, 0.15) is 6.04 Å². The van der Waals surface area contributed by atoms with Crippen LogP contribution < -0.4 is 5.32 Å². The Hall–Kier alpha value is -1.20. The molecule has 4 nitrogen and oxygen atoms in total. The van der Waals surface area contributed by atoms with Gasteiger partial charge in [-0.25, -0.2) is 8.78 Å². The van der Waals surface area contributed by atoms with Crippen LogP contribution in [-0.4, -0.2) is 42.3 Å². The van der Waals surface area contributed by atoms with Crippen LogP contribution in [0.15, 0.2) is 0 Å². The van der Waals surface area contributed by atoms with Gasteiger partial charge in [-0.3, -0.25) is 9.59 Å². The van der Waals surface area contributed by atoms with Gasteiger partial charge in [0.05, 0.1) is 13.1 Å². The van der Waals surface area contributed by atoms with Crippen LogP contribution in [0.25, 0.3) is 0 Å². The summed E-state index contributed by atoms with van der Waals surface area (Å²) in [6.07, 6.45) is -2.62. The molecule has 0 aromatic heterocycles. The lowest BCUT2D eigenvalue weighted by Crippen LogP contribution is -2.62. The van der Waals surface area contributed by atoms with E-state index >= 15 is 0 Å². The first-order chi connectivity index (χ1) is 7.21. The Morgan fingerprint density at radius 2 is 2.00 bits per heavy atom. The Kier molecular flexibility index (Phi) is 3.50. The van der Waals surface area contributed by atoms with Crippen LogP contribution >= 0.6 is 0 Å². The molecule has 1 atom stereocenters. The predicted molar refractivity (Wildman–Crippen MR) is 54.0 cm³/mol. The van der Waals surface area contributed by atoms with Crippen molar-refractivity contribution in [2.24, 2.45) is 5.41 Å². The smallest absolute Gasteiger partial charge is 0.255 e. The average molecular weight is 234 g/mol. The van der Waals surface area contributed by atoms with Gasteiger partial charge in [-0.15, -0.1) is 0 Å². The normalized spacial score (nSPS) is 22.6. The van der Waals surface area contributed by atoms with E-state index in [4.69, 9.17) is 0 Å². The van der Waals surface area contributed by atoms with Gasteiger partial charge in [-0.1, -0.05) is 20.8 Å². The molecule has 1 rings (SSSR count). The van der Waals surface area contributed by atoms with Crippen LogP contribution in [0, 0.1) is 5.41 Å². The fraction of sp³-hybridized carbons (Fsp3) is 0.800. The highest BCUT2D eigenvalue weighted by Crippen LogP contribution is 2.23. The summed E-state index contributed by atoms with van der Waals surface area (Å²) in [5.41, 5.74) is -0.479. The minimum Gasteiger partial charge on any atom is -0.342 e. The Balaban J connectivity index is 2.82. The zero-order valence-electron chi connectivity index (χ0n) is 9.59. The van der Waals surface area contributed by atoms with E-state index in [1.807, 2.05) is 0 Å². The van der Waals surface area contributed by atoms with Crippen LogP contribution in [0.2, 0.25) is 0 Å². The lowest BCUT2D eigenvalue weighted by atomic mass is 9.85. The molecule has 0 saturated carbocycles. The van der Waals surface area contributed by atoms with E-state index in [-0.39, 0.29) is 12.5 Å². The van der Waals surface area contributed by atoms with E-state index in [2.05, 4.69) is 5.32 Å². The number of nitrogens with zero attached hydrogens (tertiary/aromatic N) is 1. The van der Waals surface area contributed by atoms with Crippen molar-refractivity contribution in [3.05, 3.63) is 0 Å². The summed E-state index contributed by atoms with van der Waals surface area (Å²) in [7, 11) is 0. The number of rotatable bonds is 2. The minimum atomic E-state index is -2.62. The van der Waals surface area contributed by atoms with Gasteiger partial charge < -0.3 is 10.2 Å². The van der Waals surface area contributed by atoms with Crippen LogP contribution in [-0.2, 0) is 9.59 Å². The average Bonchev–Trinajstić information content (AvgIpc) is 2.07. The maximum Gasteiger partial charge on any atom is 0.255 e. The first-order valence-corrected chi connectivity index (χ1v) is 5.08. The zero-order valence-corrected chi connectivity index (χ0v) is 9.59. The van der Waals surface area contributed by atoms with Crippen molar-refractivity contribution in [2.75, 3.05) is 13.1 Å². The number of carbonyl (C=O) groups is 2. The molecule has 0 radical (unpaired) electrons. The Labute approximate surface area is 93.0 Å². The van der Waals surface area contributed by atoms with Crippen molar-refractivity contribution >= 4 is 11.8 Å². The second-order valence-corrected chi connectivity index (χ2v) is 4.98. The van der Waals surface area contributed by atoms with Crippen molar-refractivity contribution in [2.45, 2.75) is 33.2 Å². The lowest BCUT2D eigenvalue weighted by molar-refractivity contribution is -0.149. The summed E-state index contributed by atoms with van der Waals surface area (Å²) in [6.45, 7) is 4.37. The minimum absolute atomic E-state index is 0.282. The molecule has 0 aromatic rings. The van der Waals surface area contributed by atoms with Crippen LogP contribution in [0.4, 0.5) is 8.78 Å². The van der Waals surface area contributed by atoms with Gasteiger partial charge in [-0.05, 0) is 5.41 Å². The van der Waals surface area contributed by atoms with E-state index in [0.717, 1.165) is 4.90 Å². The van der Waals surface area contributed by atoms with Crippen LogP contribution in [0.5, 0.6) is 0 Å². The molecule has 0 spiro atoms. The largest absolute Gasteiger partial charge is 0.342 e. The van der Waals surface area contributed by atoms with Gasteiger partial charge in [0.25, 0.3) is 6.43 Å². The van der Waals surface area contributed by atoms with E-state index < -0.39 is 30.3 Å². The molecule has 1 saturated heterocycles. The fourth-order valence-corrected chi connectivity index (χ4v) is 1.61. The van der Waals surface area contributed by atoms with E-state index in [0.29, 0.717) is 0 Å². The molecule has 2 amide bonds. The Bertz CT molecular complexity index is 300. The van der Waals surface area contributed by atoms with Crippen molar-refractivity contribution in [1.82, 2.24) is 10.2 Å². The third kappa shape index (κ3) is 2.90. The van der Waals surface area contributed by atoms with Gasteiger partial charge in [-0.2, -0.15) is 0 Å². The molecule has 1 aliphatic rings. The number of alkyl halides is 2. The van der Waals surface area contributed by atoms with Crippen molar-refractivity contribution in [1.29, 1.82) is 0 Å². The van der Waals surface area contributed by atoms with Gasteiger partial charge in [0, 0.05) is 0 Å². The molecule has 1 aliphatic heterocycles. The lowest BCUT2D eigenvalue weighted by Gasteiger charge is -2.38. The molecule has 0 aliphatic carbocycles. The number of carbonyl (C=O) groups excluding carboxylic acids is 2. The second kappa shape index (κ2) is 4.35. The zero-order chi connectivity index (χ0) is 12.5. The van der Waals surface area contributed by atoms with Crippen molar-refractivity contribution in [3.63, 3.8) is 0 Å². The number of hydrogen-bond donors (Lipinski definition) is 1. The monoisotopic (exact) mass is 234 g/mol. The van der Waals surface area contributed by atoms with Crippen LogP contribution in [0.3, 0.4) is 0 Å². The third-order valence-corrected chi connectivity index (χ3v) is 2.42. The van der Waals surface area contributed by atoms with E-state index in [9.17, 15) is 18.4 Å². The van der Waals surface area contributed by atoms with Crippen molar-refractivity contribution in [3.8, 4) is 0 Å². The highest BCUT2D eigenvalue weighted by molar-refractivity contribution is 5.95. The molecule has 0 aromatic carbocycles. The topological polar surface area (TPSA) is 49.4 Å². The first kappa shape index (κ1) is 12.9. The third-order valence-electron chi connectivity index (χ3n) is 2.42. The van der Waals surface area contributed by atoms with E-state index in [1.165, 1.54) is 0 Å². The summed E-state index contributed by atoms with van der Waals surface area (Å²) in [5, 5.41) is 2.53. The maximum atomic E-state index is 12.2. The Morgan fingerprint density at radius 3 is 2.44 bits per heavy atom. The summed E-state index contributed by atoms with van der Waals surface area (Å²) in [4.78, 5) is 24.1. The number of hydrogen-bond acceptors (Lipinski definition) is 2. The van der Waals surface area contributed by atoms with Gasteiger partial charge in [0.15, 0.2) is 0 Å². The van der Waals surface area contributed by atoms with Gasteiger partial charge >= 0.3 is 0 Å². The molecular formula is C10H16F2N2O2. The van der Waals surface area contributed by atoms with Crippen LogP contribution in [0.1, 0.15) is 20.8 Å². The molecule has 1 unspecified atom stereocenters. The molecule has 1 N–H and O–H groups in total. The maximum absolute atomic E-state index is 12.2. The number of halogens is 2. The van der Waals surface area contributed by atoms with E-state index in [1.54, 1.807) is 20.8 Å². The number of amides is 2. The summed E-state index contributed by atoms with van der Waals surface area (Å²) in [6, 6.07) is -0.729. The van der Waals surface area contributed by atoms with Gasteiger partial charge in [0.2, 0.25) is 11.8 Å². The molecule has 6 heteroatoms.